The van der Waals surface area contributed by atoms with Crippen molar-refractivity contribution in [3.05, 3.63) is 72.2 Å². The molecule has 0 fully saturated rings. The minimum atomic E-state index is -0.443. The zero-order chi connectivity index (χ0) is 21.8. The Bertz CT molecular complexity index is 1170. The molecule has 0 spiro atoms. The fourth-order valence-corrected chi connectivity index (χ4v) is 6.01. The Morgan fingerprint density at radius 3 is 2.63 bits per heavy atom. The summed E-state index contributed by atoms with van der Waals surface area (Å²) in [6.45, 7) is 6.11. The maximum atomic E-state index is 13.4. The summed E-state index contributed by atoms with van der Waals surface area (Å²) < 4.78 is 0.951. The number of nitrogens with zero attached hydrogens (tertiary/aromatic N) is 2. The van der Waals surface area contributed by atoms with Gasteiger partial charge in [0.05, 0.1) is 21.3 Å². The Morgan fingerprint density at radius 2 is 2.03 bits per heavy atom. The fourth-order valence-electron chi connectivity index (χ4n) is 4.29. The molecule has 4 nitrogen and oxygen atoms in total. The Morgan fingerprint density at radius 1 is 1.30 bits per heavy atom. The van der Waals surface area contributed by atoms with Crippen molar-refractivity contribution in [3.63, 3.8) is 0 Å². The molecule has 0 bridgehead atoms. The summed E-state index contributed by atoms with van der Waals surface area (Å²) >= 11 is 11.4. The molecular formula is C23H21BrClN3OS. The number of ketones is 1. The van der Waals surface area contributed by atoms with Crippen molar-refractivity contribution in [3.8, 4) is 6.07 Å². The van der Waals surface area contributed by atoms with Crippen LogP contribution >= 0.6 is 38.9 Å². The molecule has 1 aliphatic carbocycles. The van der Waals surface area contributed by atoms with Gasteiger partial charge in [0.15, 0.2) is 5.78 Å². The van der Waals surface area contributed by atoms with Gasteiger partial charge in [-0.3, -0.25) is 9.69 Å². The van der Waals surface area contributed by atoms with Gasteiger partial charge in [0, 0.05) is 33.3 Å². The maximum Gasteiger partial charge on any atom is 0.162 e. The first-order chi connectivity index (χ1) is 14.1. The number of hydrogen-bond acceptors (Lipinski definition) is 5. The van der Waals surface area contributed by atoms with Crippen LogP contribution in [0.15, 0.2) is 56.8 Å². The number of anilines is 1. The molecular weight excluding hydrogens is 482 g/mol. The largest absolute Gasteiger partial charge is 0.384 e. The lowest BCUT2D eigenvalue weighted by Crippen LogP contribution is -2.42. The van der Waals surface area contributed by atoms with Crippen molar-refractivity contribution >= 4 is 50.3 Å². The summed E-state index contributed by atoms with van der Waals surface area (Å²) in [7, 11) is 0. The van der Waals surface area contributed by atoms with Gasteiger partial charge >= 0.3 is 0 Å². The van der Waals surface area contributed by atoms with Crippen LogP contribution < -0.4 is 10.6 Å². The van der Waals surface area contributed by atoms with Gasteiger partial charge in [-0.05, 0) is 64.5 Å². The Hall–Kier alpha value is -2.07. The first-order valence-corrected chi connectivity index (χ1v) is 11.6. The average Bonchev–Trinajstić information content (AvgIpc) is 3.08. The fraction of sp³-hybridized carbons (Fsp3) is 0.304. The number of nitrogens with two attached hydrogens (primary N) is 1. The number of benzene rings is 1. The van der Waals surface area contributed by atoms with Gasteiger partial charge in [-0.15, -0.1) is 11.3 Å². The van der Waals surface area contributed by atoms with Crippen molar-refractivity contribution < 1.29 is 4.79 Å². The highest BCUT2D eigenvalue weighted by atomic mass is 79.9. The van der Waals surface area contributed by atoms with E-state index in [0.29, 0.717) is 34.8 Å². The SMILES string of the molecule is Cc1ccc(N2C(N)=C(C#N)C(c3ccc(Br)s3)C3=C2CC(C)(C)CC3=O)cc1Cl. The van der Waals surface area contributed by atoms with E-state index in [9.17, 15) is 10.1 Å². The van der Waals surface area contributed by atoms with Crippen LogP contribution in [0.25, 0.3) is 0 Å². The number of carbonyl (C=O) groups is 1. The topological polar surface area (TPSA) is 70.1 Å². The predicted octanol–water partition coefficient (Wildman–Crippen LogP) is 6.41. The second-order valence-corrected chi connectivity index (χ2v) is 11.5. The minimum absolute atomic E-state index is 0.0687. The number of thiophene rings is 1. The molecule has 2 heterocycles. The number of Topliss-reactive ketones (excluding diaryl/α,β-unsaturated/α-hetero) is 1. The van der Waals surface area contributed by atoms with E-state index in [1.165, 1.54) is 11.3 Å². The van der Waals surface area contributed by atoms with Crippen LogP contribution in [0, 0.1) is 23.7 Å². The highest BCUT2D eigenvalue weighted by molar-refractivity contribution is 9.11. The van der Waals surface area contributed by atoms with Gasteiger partial charge < -0.3 is 5.73 Å². The van der Waals surface area contributed by atoms with Gasteiger partial charge in [-0.25, -0.2) is 0 Å². The zero-order valence-corrected chi connectivity index (χ0v) is 20.1. The number of aryl methyl sites for hydroxylation is 1. The van der Waals surface area contributed by atoms with Crippen molar-refractivity contribution in [2.45, 2.75) is 39.5 Å². The molecule has 1 aromatic heterocycles. The van der Waals surface area contributed by atoms with E-state index >= 15 is 0 Å². The highest BCUT2D eigenvalue weighted by Gasteiger charge is 2.45. The predicted molar refractivity (Wildman–Crippen MR) is 125 cm³/mol. The molecule has 4 rings (SSSR count). The van der Waals surface area contributed by atoms with Crippen molar-refractivity contribution in [2.75, 3.05) is 4.90 Å². The second kappa shape index (κ2) is 7.56. The Balaban J connectivity index is 2.00. The third-order valence-corrected chi connectivity index (χ3v) is 7.77. The zero-order valence-electron chi connectivity index (χ0n) is 16.9. The van der Waals surface area contributed by atoms with E-state index in [-0.39, 0.29) is 11.2 Å². The van der Waals surface area contributed by atoms with Gasteiger partial charge in [-0.1, -0.05) is 31.5 Å². The summed E-state index contributed by atoms with van der Waals surface area (Å²) in [5.41, 5.74) is 10.1. The van der Waals surface area contributed by atoms with E-state index in [0.717, 1.165) is 25.6 Å². The first kappa shape index (κ1) is 21.2. The summed E-state index contributed by atoms with van der Waals surface area (Å²) in [6.07, 6.45) is 1.12. The Labute approximate surface area is 193 Å². The summed E-state index contributed by atoms with van der Waals surface area (Å²) in [5.74, 6) is -0.0162. The van der Waals surface area contributed by atoms with Gasteiger partial charge in [0.1, 0.15) is 5.82 Å². The lowest BCUT2D eigenvalue weighted by molar-refractivity contribution is -0.118. The minimum Gasteiger partial charge on any atom is -0.384 e. The standard InChI is InChI=1S/C23H21BrClN3OS/c1-12-4-5-13(8-15(12)25)28-16-9-23(2,3)10-17(29)21(16)20(14(11-26)22(28)27)18-6-7-19(24)30-18/h4-8,20H,9-10,27H2,1-3H3. The molecule has 0 amide bonds. The molecule has 2 aromatic rings. The first-order valence-electron chi connectivity index (χ1n) is 9.60. The van der Waals surface area contributed by atoms with Crippen LogP contribution in [0.2, 0.25) is 5.02 Å². The van der Waals surface area contributed by atoms with Crippen molar-refractivity contribution in [1.82, 2.24) is 0 Å². The molecule has 0 saturated carbocycles. The molecule has 30 heavy (non-hydrogen) atoms. The molecule has 1 aromatic carbocycles. The molecule has 1 atom stereocenters. The van der Waals surface area contributed by atoms with Crippen LogP contribution in [-0.4, -0.2) is 5.78 Å². The molecule has 0 saturated heterocycles. The monoisotopic (exact) mass is 501 g/mol. The van der Waals surface area contributed by atoms with E-state index < -0.39 is 5.92 Å². The highest BCUT2D eigenvalue weighted by Crippen LogP contribution is 2.51. The van der Waals surface area contributed by atoms with Gasteiger partial charge in [0.2, 0.25) is 0 Å². The molecule has 1 aliphatic heterocycles. The van der Waals surface area contributed by atoms with E-state index in [2.05, 4.69) is 35.8 Å². The van der Waals surface area contributed by atoms with Crippen LogP contribution in [0.4, 0.5) is 5.69 Å². The number of carbonyl (C=O) groups excluding carboxylic acids is 1. The number of halogens is 2. The lowest BCUT2D eigenvalue weighted by atomic mass is 9.69. The number of allylic oxidation sites excluding steroid dienone is 3. The molecule has 1 unspecified atom stereocenters. The van der Waals surface area contributed by atoms with Crippen molar-refractivity contribution in [2.24, 2.45) is 11.1 Å². The van der Waals surface area contributed by atoms with Crippen LogP contribution in [0.3, 0.4) is 0 Å². The third-order valence-electron chi connectivity index (χ3n) is 5.67. The van der Waals surface area contributed by atoms with Crippen LogP contribution in [-0.2, 0) is 4.79 Å². The molecule has 154 valence electrons. The lowest BCUT2D eigenvalue weighted by Gasteiger charge is -2.43. The van der Waals surface area contributed by atoms with E-state index in [1.807, 2.05) is 42.2 Å². The van der Waals surface area contributed by atoms with Crippen molar-refractivity contribution in [1.29, 1.82) is 5.26 Å². The quantitative estimate of drug-likeness (QED) is 0.515. The third kappa shape index (κ3) is 3.49. The van der Waals surface area contributed by atoms with Gasteiger partial charge in [-0.2, -0.15) is 5.26 Å². The summed E-state index contributed by atoms with van der Waals surface area (Å²) in [4.78, 5) is 16.2. The van der Waals surface area contributed by atoms with E-state index in [1.54, 1.807) is 0 Å². The van der Waals surface area contributed by atoms with Crippen LogP contribution in [0.1, 0.15) is 43.0 Å². The van der Waals surface area contributed by atoms with Crippen LogP contribution in [0.5, 0.6) is 0 Å². The maximum absolute atomic E-state index is 13.4. The number of nitriles is 1. The normalized spacial score (nSPS) is 21.0. The van der Waals surface area contributed by atoms with Gasteiger partial charge in [0.25, 0.3) is 0 Å². The summed E-state index contributed by atoms with van der Waals surface area (Å²) in [5, 5.41) is 10.7. The molecule has 0 radical (unpaired) electrons. The van der Waals surface area contributed by atoms with E-state index in [4.69, 9.17) is 17.3 Å². The molecule has 2 N–H and O–H groups in total. The second-order valence-electron chi connectivity index (χ2n) is 8.56. The molecule has 7 heteroatoms. The Kier molecular flexibility index (Phi) is 5.34. The average molecular weight is 503 g/mol. The number of rotatable bonds is 2. The smallest absolute Gasteiger partial charge is 0.162 e. The summed E-state index contributed by atoms with van der Waals surface area (Å²) in [6, 6.07) is 11.9. The number of hydrogen-bond donors (Lipinski definition) is 1. The molecule has 2 aliphatic rings.